The van der Waals surface area contributed by atoms with E-state index in [0.717, 1.165) is 57.2 Å². The molecule has 41 heavy (non-hydrogen) atoms. The topological polar surface area (TPSA) is 90.2 Å². The van der Waals surface area contributed by atoms with Crippen LogP contribution >= 0.6 is 0 Å². The summed E-state index contributed by atoms with van der Waals surface area (Å²) >= 11 is 0. The van der Waals surface area contributed by atoms with Crippen molar-refractivity contribution < 1.29 is 9.13 Å². The number of aromatic nitrogens is 3. The lowest BCUT2D eigenvalue weighted by Crippen LogP contribution is -2.51. The molecule has 0 spiro atoms. The minimum absolute atomic E-state index is 0.0330. The summed E-state index contributed by atoms with van der Waals surface area (Å²) in [7, 11) is 0. The molecule has 8 rings (SSSR count). The Balaban J connectivity index is 1.26. The number of anilines is 1. The summed E-state index contributed by atoms with van der Waals surface area (Å²) in [4.78, 5) is 19.0. The molecular weight excluding hydrogens is 517 g/mol. The zero-order chi connectivity index (χ0) is 27.6. The second kappa shape index (κ2) is 9.61. The number of fused-ring (bicyclic) bond motifs is 5. The van der Waals surface area contributed by atoms with Crippen LogP contribution in [0.4, 0.5) is 10.2 Å². The molecule has 4 aliphatic heterocycles. The first-order valence-corrected chi connectivity index (χ1v) is 14.8. The number of halogens is 1. The van der Waals surface area contributed by atoms with E-state index in [9.17, 15) is 5.26 Å². The lowest BCUT2D eigenvalue weighted by Gasteiger charge is -2.34. The Labute approximate surface area is 238 Å². The van der Waals surface area contributed by atoms with Crippen LogP contribution in [0.25, 0.3) is 32.9 Å². The van der Waals surface area contributed by atoms with Crippen molar-refractivity contribution in [1.29, 1.82) is 5.26 Å². The highest BCUT2D eigenvalue weighted by atomic mass is 19.1. The largest absolute Gasteiger partial charge is 0.461 e. The van der Waals surface area contributed by atoms with Gasteiger partial charge < -0.3 is 15.0 Å². The van der Waals surface area contributed by atoms with Crippen LogP contribution in [0, 0.1) is 17.1 Å². The van der Waals surface area contributed by atoms with Crippen molar-refractivity contribution in [3.63, 3.8) is 0 Å². The van der Waals surface area contributed by atoms with Crippen molar-refractivity contribution in [2.45, 2.75) is 56.1 Å². The van der Waals surface area contributed by atoms with Gasteiger partial charge in [0.05, 0.1) is 22.6 Å². The third-order valence-corrected chi connectivity index (χ3v) is 9.72. The summed E-state index contributed by atoms with van der Waals surface area (Å²) in [6, 6.07) is 14.4. The minimum atomic E-state index is -0.518. The smallest absolute Gasteiger partial charge is 0.319 e. The van der Waals surface area contributed by atoms with Crippen molar-refractivity contribution >= 4 is 27.5 Å². The van der Waals surface area contributed by atoms with E-state index in [1.807, 2.05) is 30.3 Å². The molecule has 4 aromatic rings. The number of ether oxygens (including phenoxy) is 1. The van der Waals surface area contributed by atoms with E-state index in [1.165, 1.54) is 12.8 Å². The van der Waals surface area contributed by atoms with Crippen LogP contribution in [0.5, 0.6) is 6.01 Å². The van der Waals surface area contributed by atoms with E-state index in [2.05, 4.69) is 26.2 Å². The van der Waals surface area contributed by atoms with Gasteiger partial charge in [-0.25, -0.2) is 4.39 Å². The number of hydrogen-bond donors (Lipinski definition) is 1. The first-order valence-electron chi connectivity index (χ1n) is 14.8. The van der Waals surface area contributed by atoms with E-state index in [0.29, 0.717) is 46.4 Å². The van der Waals surface area contributed by atoms with Crippen LogP contribution in [-0.4, -0.2) is 70.3 Å². The van der Waals surface area contributed by atoms with Crippen molar-refractivity contribution in [2.75, 3.05) is 37.7 Å². The van der Waals surface area contributed by atoms with Gasteiger partial charge in [0, 0.05) is 42.3 Å². The molecule has 1 N–H and O–H groups in total. The highest BCUT2D eigenvalue weighted by molar-refractivity contribution is 6.01. The fraction of sp³-hybridized carbons (Fsp3) is 0.438. The molecule has 0 radical (unpaired) electrons. The van der Waals surface area contributed by atoms with Gasteiger partial charge in [0.1, 0.15) is 23.6 Å². The average Bonchev–Trinajstić information content (AvgIpc) is 3.69. The molecule has 8 nitrogen and oxygen atoms in total. The predicted octanol–water partition coefficient (Wildman–Crippen LogP) is 4.80. The van der Waals surface area contributed by atoms with Crippen LogP contribution in [0.15, 0.2) is 42.6 Å². The van der Waals surface area contributed by atoms with E-state index in [4.69, 9.17) is 14.7 Å². The van der Waals surface area contributed by atoms with Crippen LogP contribution in [0.3, 0.4) is 0 Å². The van der Waals surface area contributed by atoms with E-state index >= 15 is 4.39 Å². The fourth-order valence-corrected chi connectivity index (χ4v) is 7.78. The van der Waals surface area contributed by atoms with Gasteiger partial charge in [-0.3, -0.25) is 9.88 Å². The van der Waals surface area contributed by atoms with Gasteiger partial charge >= 0.3 is 6.01 Å². The number of nitrogens with zero attached hydrogens (tertiary/aromatic N) is 6. The average molecular weight is 550 g/mol. The van der Waals surface area contributed by atoms with Crippen LogP contribution in [0.2, 0.25) is 0 Å². The minimum Gasteiger partial charge on any atom is -0.461 e. The van der Waals surface area contributed by atoms with E-state index < -0.39 is 5.82 Å². The SMILES string of the molecule is N#Cc1cccc2cccc(-c3ncc4c(N5C[C@H]6CC[C@@H](C5)N6)nc(OCC56CCCN5CCC6)nc4c3F)c12. The molecule has 6 heterocycles. The lowest BCUT2D eigenvalue weighted by molar-refractivity contribution is 0.108. The quantitative estimate of drug-likeness (QED) is 0.380. The van der Waals surface area contributed by atoms with Crippen LogP contribution < -0.4 is 15.0 Å². The normalized spacial score (nSPS) is 23.3. The Kier molecular flexibility index (Phi) is 5.83. The van der Waals surface area contributed by atoms with Crippen molar-refractivity contribution in [3.8, 4) is 23.3 Å². The molecule has 2 atom stereocenters. The molecular formula is C32H32FN7O. The standard InChI is InChI=1S/C32H32FN7O/c33-27-28(24-8-2-6-20-5-1-7-21(15-34)26(20)24)35-16-25-29(27)37-31(41-19-32-11-3-13-40(32)14-4-12-32)38-30(25)39-17-22-9-10-23(18-39)36-22/h1-2,5-8,16,22-23,36H,3-4,9-14,17-19H2/t22-,23+. The van der Waals surface area contributed by atoms with E-state index in [-0.39, 0.29) is 22.8 Å². The molecule has 0 saturated carbocycles. The van der Waals surface area contributed by atoms with Gasteiger partial charge in [-0.1, -0.05) is 30.3 Å². The van der Waals surface area contributed by atoms with Gasteiger partial charge in [-0.15, -0.1) is 0 Å². The van der Waals surface area contributed by atoms with Crippen LogP contribution in [-0.2, 0) is 0 Å². The third-order valence-electron chi connectivity index (χ3n) is 9.72. The highest BCUT2D eigenvalue weighted by Crippen LogP contribution is 2.40. The number of nitrogens with one attached hydrogen (secondary N) is 1. The van der Waals surface area contributed by atoms with Gasteiger partial charge in [0.15, 0.2) is 5.82 Å². The Bertz CT molecular complexity index is 1690. The van der Waals surface area contributed by atoms with Gasteiger partial charge in [0.2, 0.25) is 0 Å². The highest BCUT2D eigenvalue weighted by Gasteiger charge is 2.45. The fourth-order valence-electron chi connectivity index (χ4n) is 7.78. The molecule has 4 aliphatic rings. The summed E-state index contributed by atoms with van der Waals surface area (Å²) in [5.74, 6) is 0.167. The summed E-state index contributed by atoms with van der Waals surface area (Å²) in [6.45, 7) is 4.33. The molecule has 2 aromatic carbocycles. The van der Waals surface area contributed by atoms with Crippen molar-refractivity contribution in [3.05, 3.63) is 54.0 Å². The maximum Gasteiger partial charge on any atom is 0.319 e. The van der Waals surface area contributed by atoms with Crippen LogP contribution in [0.1, 0.15) is 44.1 Å². The number of piperazine rings is 1. The van der Waals surface area contributed by atoms with Gasteiger partial charge in [0.25, 0.3) is 0 Å². The lowest BCUT2D eigenvalue weighted by atomic mass is 9.95. The molecule has 9 heteroatoms. The number of pyridine rings is 1. The number of nitriles is 1. The maximum absolute atomic E-state index is 16.6. The molecule has 4 saturated heterocycles. The Hall–Kier alpha value is -3.87. The Morgan fingerprint density at radius 3 is 2.56 bits per heavy atom. The molecule has 208 valence electrons. The number of benzene rings is 2. The molecule has 2 bridgehead atoms. The third kappa shape index (κ3) is 4.03. The van der Waals surface area contributed by atoms with E-state index in [1.54, 1.807) is 12.3 Å². The molecule has 0 unspecified atom stereocenters. The Morgan fingerprint density at radius 2 is 1.80 bits per heavy atom. The first kappa shape index (κ1) is 24.9. The molecule has 4 fully saturated rings. The number of rotatable bonds is 5. The summed E-state index contributed by atoms with van der Waals surface area (Å²) in [6.07, 6.45) is 8.53. The Morgan fingerprint density at radius 1 is 1.05 bits per heavy atom. The monoisotopic (exact) mass is 549 g/mol. The molecule has 0 amide bonds. The van der Waals surface area contributed by atoms with Gasteiger partial charge in [-0.05, 0) is 63.1 Å². The maximum atomic E-state index is 16.6. The van der Waals surface area contributed by atoms with Crippen molar-refractivity contribution in [2.24, 2.45) is 0 Å². The zero-order valence-electron chi connectivity index (χ0n) is 22.9. The summed E-state index contributed by atoms with van der Waals surface area (Å²) < 4.78 is 23.0. The van der Waals surface area contributed by atoms with Crippen molar-refractivity contribution in [1.82, 2.24) is 25.2 Å². The molecule has 2 aromatic heterocycles. The second-order valence-electron chi connectivity index (χ2n) is 12.1. The number of hydrogen-bond acceptors (Lipinski definition) is 8. The second-order valence-corrected chi connectivity index (χ2v) is 12.1. The summed E-state index contributed by atoms with van der Waals surface area (Å²) in [5.41, 5.74) is 1.48. The summed E-state index contributed by atoms with van der Waals surface area (Å²) in [5, 5.41) is 15.6. The molecule has 0 aliphatic carbocycles. The van der Waals surface area contributed by atoms with Gasteiger partial charge in [-0.2, -0.15) is 15.2 Å². The first-order chi connectivity index (χ1) is 20.1. The zero-order valence-corrected chi connectivity index (χ0v) is 22.9. The predicted molar refractivity (Wildman–Crippen MR) is 155 cm³/mol.